The van der Waals surface area contributed by atoms with Gasteiger partial charge in [0.2, 0.25) is 0 Å². The molecule has 0 atom stereocenters. The monoisotopic (exact) mass is 384 g/mol. The van der Waals surface area contributed by atoms with Crippen molar-refractivity contribution >= 4 is 28.9 Å². The highest BCUT2D eigenvalue weighted by atomic mass is 35.5. The van der Waals surface area contributed by atoms with E-state index in [1.807, 2.05) is 55.5 Å². The van der Waals surface area contributed by atoms with Crippen LogP contribution in [0.1, 0.15) is 5.56 Å². The molecule has 27 heavy (non-hydrogen) atoms. The molecule has 0 aliphatic carbocycles. The van der Waals surface area contributed by atoms with Crippen molar-refractivity contribution in [2.24, 2.45) is 0 Å². The van der Waals surface area contributed by atoms with Crippen molar-refractivity contribution in [2.45, 2.75) is 6.92 Å². The molecule has 0 fully saturated rings. The molecule has 0 unspecified atom stereocenters. The van der Waals surface area contributed by atoms with E-state index >= 15 is 0 Å². The summed E-state index contributed by atoms with van der Waals surface area (Å²) < 4.78 is 10.8. The number of nitrogens with one attached hydrogen (secondary N) is 2. The van der Waals surface area contributed by atoms with Crippen LogP contribution in [0, 0.1) is 6.92 Å². The molecule has 1 aromatic heterocycles. The van der Waals surface area contributed by atoms with Crippen LogP contribution in [0.25, 0.3) is 0 Å². The first-order chi connectivity index (χ1) is 13.1. The third-order valence-corrected chi connectivity index (χ3v) is 4.09. The lowest BCUT2D eigenvalue weighted by Crippen LogP contribution is -2.12. The Kier molecular flexibility index (Phi) is 6.33. The first kappa shape index (κ1) is 18.8. The minimum Gasteiger partial charge on any atom is -0.497 e. The van der Waals surface area contributed by atoms with E-state index in [1.54, 1.807) is 7.11 Å². The molecule has 0 saturated heterocycles. The second-order valence-electron chi connectivity index (χ2n) is 5.82. The summed E-state index contributed by atoms with van der Waals surface area (Å²) >= 11 is 5.99. The highest BCUT2D eigenvalue weighted by molar-refractivity contribution is 6.30. The molecule has 0 aliphatic rings. The molecule has 2 aromatic carbocycles. The molecule has 0 aliphatic heterocycles. The summed E-state index contributed by atoms with van der Waals surface area (Å²) in [5, 5.41) is 7.21. The molecule has 1 heterocycles. The molecule has 2 N–H and O–H groups in total. The molecule has 7 heteroatoms. The first-order valence-corrected chi connectivity index (χ1v) is 8.88. The highest BCUT2D eigenvalue weighted by Crippen LogP contribution is 2.23. The minimum absolute atomic E-state index is 0.509. The van der Waals surface area contributed by atoms with E-state index in [4.69, 9.17) is 21.1 Å². The fraction of sp³-hybridized carbons (Fsp3) is 0.200. The fourth-order valence-electron chi connectivity index (χ4n) is 2.45. The van der Waals surface area contributed by atoms with Gasteiger partial charge in [0.25, 0.3) is 0 Å². The van der Waals surface area contributed by atoms with Crippen LogP contribution in [0.4, 0.5) is 17.3 Å². The Labute approximate surface area is 163 Å². The number of methoxy groups -OCH3 is 1. The van der Waals surface area contributed by atoms with E-state index in [0.717, 1.165) is 28.6 Å². The third-order valence-electron chi connectivity index (χ3n) is 3.85. The molecule has 0 spiro atoms. The van der Waals surface area contributed by atoms with Crippen LogP contribution in [-0.4, -0.2) is 30.2 Å². The van der Waals surface area contributed by atoms with E-state index < -0.39 is 0 Å². The number of hydrogen-bond donors (Lipinski definition) is 2. The van der Waals surface area contributed by atoms with Gasteiger partial charge >= 0.3 is 0 Å². The van der Waals surface area contributed by atoms with E-state index in [9.17, 15) is 0 Å². The van der Waals surface area contributed by atoms with E-state index in [1.165, 1.54) is 6.33 Å². The summed E-state index contributed by atoms with van der Waals surface area (Å²) in [6, 6.07) is 15.0. The van der Waals surface area contributed by atoms with Gasteiger partial charge in [-0.1, -0.05) is 11.6 Å². The van der Waals surface area contributed by atoms with Gasteiger partial charge in [0.05, 0.1) is 13.7 Å². The van der Waals surface area contributed by atoms with Crippen LogP contribution in [0.3, 0.4) is 0 Å². The second-order valence-corrected chi connectivity index (χ2v) is 6.26. The SMILES string of the molecule is COc1ccc(OCCNc2cc(Nc3ccc(Cl)cc3C)ncn2)cc1. The number of nitrogens with zero attached hydrogens (tertiary/aromatic N) is 2. The number of rotatable bonds is 8. The lowest BCUT2D eigenvalue weighted by molar-refractivity contribution is 0.331. The zero-order valence-corrected chi connectivity index (χ0v) is 16.0. The van der Waals surface area contributed by atoms with Crippen molar-refractivity contribution in [1.29, 1.82) is 0 Å². The summed E-state index contributed by atoms with van der Waals surface area (Å²) in [5.74, 6) is 3.02. The second kappa shape index (κ2) is 9.09. The molecule has 0 saturated carbocycles. The van der Waals surface area contributed by atoms with Crippen molar-refractivity contribution in [3.63, 3.8) is 0 Å². The smallest absolute Gasteiger partial charge is 0.135 e. The van der Waals surface area contributed by atoms with Gasteiger partial charge in [-0.15, -0.1) is 0 Å². The molecule has 0 radical (unpaired) electrons. The number of hydrogen-bond acceptors (Lipinski definition) is 6. The van der Waals surface area contributed by atoms with Gasteiger partial charge in [-0.25, -0.2) is 9.97 Å². The Morgan fingerprint density at radius 3 is 2.44 bits per heavy atom. The maximum absolute atomic E-state index is 5.99. The molecular weight excluding hydrogens is 364 g/mol. The Morgan fingerprint density at radius 2 is 1.70 bits per heavy atom. The van der Waals surface area contributed by atoms with Crippen LogP contribution in [-0.2, 0) is 0 Å². The van der Waals surface area contributed by atoms with E-state index in [-0.39, 0.29) is 0 Å². The van der Waals surface area contributed by atoms with Crippen LogP contribution >= 0.6 is 11.6 Å². The van der Waals surface area contributed by atoms with Crippen LogP contribution in [0.5, 0.6) is 11.5 Å². The zero-order valence-electron chi connectivity index (χ0n) is 15.2. The van der Waals surface area contributed by atoms with E-state index in [2.05, 4.69) is 20.6 Å². The standard InChI is InChI=1S/C20H21ClN4O2/c1-14-11-15(21)3-8-18(14)25-20-12-19(23-13-24-20)22-9-10-27-17-6-4-16(26-2)5-7-17/h3-8,11-13H,9-10H2,1-2H3,(H2,22,23,24,25). The summed E-state index contributed by atoms with van der Waals surface area (Å²) in [6.07, 6.45) is 1.51. The number of halogens is 1. The van der Waals surface area contributed by atoms with Crippen molar-refractivity contribution in [3.8, 4) is 11.5 Å². The average Bonchev–Trinajstić information content (AvgIpc) is 2.68. The van der Waals surface area contributed by atoms with Crippen molar-refractivity contribution < 1.29 is 9.47 Å². The van der Waals surface area contributed by atoms with Crippen molar-refractivity contribution in [1.82, 2.24) is 9.97 Å². The Bertz CT molecular complexity index is 887. The maximum atomic E-state index is 5.99. The van der Waals surface area contributed by atoms with E-state index in [0.29, 0.717) is 24.0 Å². The molecule has 3 rings (SSSR count). The van der Waals surface area contributed by atoms with Gasteiger partial charge in [-0.2, -0.15) is 0 Å². The minimum atomic E-state index is 0.509. The Morgan fingerprint density at radius 1 is 0.963 bits per heavy atom. The number of ether oxygens (including phenoxy) is 2. The molecule has 6 nitrogen and oxygen atoms in total. The predicted molar refractivity (Wildman–Crippen MR) is 108 cm³/mol. The third kappa shape index (κ3) is 5.49. The van der Waals surface area contributed by atoms with Crippen molar-refractivity contribution in [2.75, 3.05) is 30.9 Å². The largest absolute Gasteiger partial charge is 0.497 e. The summed E-state index contributed by atoms with van der Waals surface area (Å²) in [6.45, 7) is 3.11. The topological polar surface area (TPSA) is 68.3 Å². The summed E-state index contributed by atoms with van der Waals surface area (Å²) in [7, 11) is 1.64. The lowest BCUT2D eigenvalue weighted by Gasteiger charge is -2.11. The van der Waals surface area contributed by atoms with Crippen molar-refractivity contribution in [3.05, 3.63) is 65.4 Å². The van der Waals surface area contributed by atoms with Gasteiger partial charge in [0.15, 0.2) is 0 Å². The van der Waals surface area contributed by atoms with Crippen LogP contribution in [0.2, 0.25) is 5.02 Å². The highest BCUT2D eigenvalue weighted by Gasteiger charge is 2.03. The summed E-state index contributed by atoms with van der Waals surface area (Å²) in [5.41, 5.74) is 2.00. The average molecular weight is 385 g/mol. The zero-order chi connectivity index (χ0) is 19.1. The summed E-state index contributed by atoms with van der Waals surface area (Å²) in [4.78, 5) is 8.48. The molecule has 140 valence electrons. The van der Waals surface area contributed by atoms with Gasteiger partial charge in [0.1, 0.15) is 36.1 Å². The first-order valence-electron chi connectivity index (χ1n) is 8.50. The number of aryl methyl sites for hydroxylation is 1. The molecule has 3 aromatic rings. The van der Waals surface area contributed by atoms with Gasteiger partial charge in [-0.3, -0.25) is 0 Å². The number of benzene rings is 2. The van der Waals surface area contributed by atoms with Gasteiger partial charge in [-0.05, 0) is 55.0 Å². The normalized spacial score (nSPS) is 10.3. The van der Waals surface area contributed by atoms with Crippen LogP contribution in [0.15, 0.2) is 54.9 Å². The fourth-order valence-corrected chi connectivity index (χ4v) is 2.67. The molecule has 0 bridgehead atoms. The van der Waals surface area contributed by atoms with Crippen LogP contribution < -0.4 is 20.1 Å². The number of aromatic nitrogens is 2. The van der Waals surface area contributed by atoms with Gasteiger partial charge in [0, 0.05) is 16.8 Å². The van der Waals surface area contributed by atoms with Gasteiger partial charge < -0.3 is 20.1 Å². The molecule has 0 amide bonds. The quantitative estimate of drug-likeness (QED) is 0.549. The number of anilines is 3. The lowest BCUT2D eigenvalue weighted by atomic mass is 10.2. The predicted octanol–water partition coefficient (Wildman–Crippen LogP) is 4.68. The Hall–Kier alpha value is -2.99. The Balaban J connectivity index is 1.51. The maximum Gasteiger partial charge on any atom is 0.135 e. The molecular formula is C20H21ClN4O2.